The van der Waals surface area contributed by atoms with E-state index in [9.17, 15) is 4.79 Å². The number of anilines is 1. The second kappa shape index (κ2) is 8.40. The van der Waals surface area contributed by atoms with Gasteiger partial charge in [-0.05, 0) is 51.3 Å². The summed E-state index contributed by atoms with van der Waals surface area (Å²) in [5, 5.41) is 23.7. The molecule has 5 nitrogen and oxygen atoms in total. The van der Waals surface area contributed by atoms with Crippen LogP contribution in [0.3, 0.4) is 0 Å². The van der Waals surface area contributed by atoms with Gasteiger partial charge in [-0.3, -0.25) is 4.79 Å². The van der Waals surface area contributed by atoms with Crippen molar-refractivity contribution in [3.8, 4) is 6.07 Å². The lowest BCUT2D eigenvalue weighted by Gasteiger charge is -2.16. The van der Waals surface area contributed by atoms with Crippen LogP contribution in [0.15, 0.2) is 18.2 Å². The van der Waals surface area contributed by atoms with E-state index in [2.05, 4.69) is 16.7 Å². The van der Waals surface area contributed by atoms with Gasteiger partial charge in [0, 0.05) is 24.3 Å². The van der Waals surface area contributed by atoms with Crippen molar-refractivity contribution in [2.75, 3.05) is 25.0 Å². The number of nitrogens with one attached hydrogen (secondary N) is 2. The Hall–Kier alpha value is -2.06. The molecule has 5 heteroatoms. The first-order valence-corrected chi connectivity index (χ1v) is 7.55. The van der Waals surface area contributed by atoms with Crippen LogP contribution in [0.25, 0.3) is 0 Å². The first-order chi connectivity index (χ1) is 10.4. The molecule has 0 aromatic heterocycles. The number of carbonyl (C=O) groups is 1. The molecular weight excluding hydrogens is 278 g/mol. The maximum Gasteiger partial charge on any atom is 0.251 e. The highest BCUT2D eigenvalue weighted by Gasteiger charge is 2.16. The molecule has 0 atom stereocenters. The van der Waals surface area contributed by atoms with Gasteiger partial charge in [0.05, 0.1) is 18.1 Å². The largest absolute Gasteiger partial charge is 0.395 e. The van der Waals surface area contributed by atoms with Gasteiger partial charge in [0.25, 0.3) is 5.91 Å². The molecule has 0 aliphatic carbocycles. The third-order valence-electron chi connectivity index (χ3n) is 3.57. The Morgan fingerprint density at radius 1 is 1.36 bits per heavy atom. The Bertz CT molecular complexity index is 547. The van der Waals surface area contributed by atoms with Crippen LogP contribution in [0.2, 0.25) is 0 Å². The molecule has 0 saturated heterocycles. The highest BCUT2D eigenvalue weighted by molar-refractivity contribution is 5.97. The van der Waals surface area contributed by atoms with Gasteiger partial charge in [-0.15, -0.1) is 0 Å². The molecule has 0 aliphatic heterocycles. The van der Waals surface area contributed by atoms with Crippen molar-refractivity contribution in [3.63, 3.8) is 0 Å². The smallest absolute Gasteiger partial charge is 0.251 e. The number of rotatable bonds is 8. The van der Waals surface area contributed by atoms with Crippen LogP contribution >= 0.6 is 0 Å². The first-order valence-electron chi connectivity index (χ1n) is 7.55. The highest BCUT2D eigenvalue weighted by Crippen LogP contribution is 2.22. The van der Waals surface area contributed by atoms with E-state index in [-0.39, 0.29) is 24.5 Å². The van der Waals surface area contributed by atoms with Gasteiger partial charge < -0.3 is 15.7 Å². The average Bonchev–Trinajstić information content (AvgIpc) is 2.50. The molecule has 1 rings (SSSR count). The van der Waals surface area contributed by atoms with Crippen LogP contribution in [0.1, 0.15) is 42.6 Å². The normalized spacial score (nSPS) is 10.9. The summed E-state index contributed by atoms with van der Waals surface area (Å²) in [6.45, 7) is 6.70. The van der Waals surface area contributed by atoms with Crippen molar-refractivity contribution in [2.45, 2.75) is 33.6 Å². The molecule has 0 radical (unpaired) electrons. The van der Waals surface area contributed by atoms with Gasteiger partial charge in [0.15, 0.2) is 0 Å². The summed E-state index contributed by atoms with van der Waals surface area (Å²) in [4.78, 5) is 12.0. The molecule has 0 fully saturated rings. The monoisotopic (exact) mass is 303 g/mol. The molecule has 1 amide bonds. The lowest BCUT2D eigenvalue weighted by atomic mass is 9.90. The Labute approximate surface area is 132 Å². The SMILES string of the molecule is Cc1c(NCCCC(C)(C)C#N)cccc1C(=O)NCCO. The lowest BCUT2D eigenvalue weighted by Crippen LogP contribution is -2.27. The Morgan fingerprint density at radius 2 is 2.09 bits per heavy atom. The summed E-state index contributed by atoms with van der Waals surface area (Å²) in [5.41, 5.74) is 2.11. The maximum absolute atomic E-state index is 12.0. The minimum absolute atomic E-state index is 0.0720. The third kappa shape index (κ3) is 5.38. The second-order valence-corrected chi connectivity index (χ2v) is 5.98. The zero-order valence-electron chi connectivity index (χ0n) is 13.6. The molecule has 3 N–H and O–H groups in total. The second-order valence-electron chi connectivity index (χ2n) is 5.98. The summed E-state index contributed by atoms with van der Waals surface area (Å²) >= 11 is 0. The minimum atomic E-state index is -0.303. The molecule has 0 spiro atoms. The van der Waals surface area contributed by atoms with Crippen LogP contribution in [0.4, 0.5) is 5.69 Å². The number of nitriles is 1. The zero-order chi connectivity index (χ0) is 16.6. The highest BCUT2D eigenvalue weighted by atomic mass is 16.3. The summed E-state index contributed by atoms with van der Waals surface area (Å²) in [5.74, 6) is -0.180. The molecule has 0 aliphatic rings. The third-order valence-corrected chi connectivity index (χ3v) is 3.57. The van der Waals surface area contributed by atoms with Gasteiger partial charge in [-0.1, -0.05) is 6.07 Å². The Balaban J connectivity index is 2.62. The van der Waals surface area contributed by atoms with E-state index in [1.54, 1.807) is 6.07 Å². The Morgan fingerprint density at radius 3 is 2.73 bits per heavy atom. The van der Waals surface area contributed by atoms with Crippen LogP contribution < -0.4 is 10.6 Å². The quantitative estimate of drug-likeness (QED) is 0.644. The van der Waals surface area contributed by atoms with Gasteiger partial charge in [0.1, 0.15) is 0 Å². The summed E-state index contributed by atoms with van der Waals surface area (Å²) in [6, 6.07) is 7.84. The molecule has 1 aromatic rings. The fraction of sp³-hybridized carbons (Fsp3) is 0.529. The zero-order valence-corrected chi connectivity index (χ0v) is 13.6. The number of hydrogen-bond donors (Lipinski definition) is 3. The molecule has 1 aromatic carbocycles. The average molecular weight is 303 g/mol. The number of amides is 1. The topological polar surface area (TPSA) is 85.2 Å². The number of benzene rings is 1. The van der Waals surface area contributed by atoms with Crippen molar-refractivity contribution in [1.82, 2.24) is 5.32 Å². The minimum Gasteiger partial charge on any atom is -0.395 e. The number of nitrogens with zero attached hydrogens (tertiary/aromatic N) is 1. The summed E-state index contributed by atoms with van der Waals surface area (Å²) in [6.07, 6.45) is 1.72. The fourth-order valence-electron chi connectivity index (χ4n) is 2.15. The van der Waals surface area contributed by atoms with Crippen molar-refractivity contribution in [1.29, 1.82) is 5.26 Å². The molecule has 22 heavy (non-hydrogen) atoms. The molecule has 0 saturated carbocycles. The van der Waals surface area contributed by atoms with E-state index in [1.165, 1.54) is 0 Å². The van der Waals surface area contributed by atoms with Crippen LogP contribution in [-0.2, 0) is 0 Å². The van der Waals surface area contributed by atoms with E-state index in [1.807, 2.05) is 32.9 Å². The predicted octanol–water partition coefficient (Wildman–Crippen LogP) is 2.46. The standard InChI is InChI=1S/C17H25N3O2/c1-13-14(16(22)20-10-11-21)6-4-7-15(13)19-9-5-8-17(2,3)12-18/h4,6-7,19,21H,5,8-11H2,1-3H3,(H,20,22). The van der Waals surface area contributed by atoms with E-state index in [4.69, 9.17) is 10.4 Å². The molecular formula is C17H25N3O2. The van der Waals surface area contributed by atoms with Gasteiger partial charge in [-0.25, -0.2) is 0 Å². The Kier molecular flexibility index (Phi) is 6.87. The van der Waals surface area contributed by atoms with Crippen LogP contribution in [-0.4, -0.2) is 30.7 Å². The van der Waals surface area contributed by atoms with Crippen molar-refractivity contribution < 1.29 is 9.90 Å². The van der Waals surface area contributed by atoms with E-state index in [0.29, 0.717) is 5.56 Å². The molecule has 0 bridgehead atoms. The lowest BCUT2D eigenvalue weighted by molar-refractivity contribution is 0.0944. The van der Waals surface area contributed by atoms with E-state index >= 15 is 0 Å². The van der Waals surface area contributed by atoms with Crippen LogP contribution in [0.5, 0.6) is 0 Å². The van der Waals surface area contributed by atoms with Crippen molar-refractivity contribution in [2.24, 2.45) is 5.41 Å². The predicted molar refractivity (Wildman–Crippen MR) is 87.7 cm³/mol. The van der Waals surface area contributed by atoms with Crippen LogP contribution in [0, 0.1) is 23.7 Å². The number of aliphatic hydroxyl groups is 1. The number of carbonyl (C=O) groups excluding carboxylic acids is 1. The van der Waals surface area contributed by atoms with Gasteiger partial charge in [-0.2, -0.15) is 5.26 Å². The van der Waals surface area contributed by atoms with Crippen molar-refractivity contribution in [3.05, 3.63) is 29.3 Å². The van der Waals surface area contributed by atoms with Gasteiger partial charge >= 0.3 is 0 Å². The van der Waals surface area contributed by atoms with E-state index < -0.39 is 0 Å². The number of aliphatic hydroxyl groups excluding tert-OH is 1. The molecule has 0 heterocycles. The first kappa shape index (κ1) is 18.0. The maximum atomic E-state index is 12.0. The summed E-state index contributed by atoms with van der Waals surface area (Å²) < 4.78 is 0. The number of hydrogen-bond acceptors (Lipinski definition) is 4. The molecule has 0 unspecified atom stereocenters. The van der Waals surface area contributed by atoms with Gasteiger partial charge in [0.2, 0.25) is 0 Å². The summed E-state index contributed by atoms with van der Waals surface area (Å²) in [7, 11) is 0. The van der Waals surface area contributed by atoms with Crippen molar-refractivity contribution >= 4 is 11.6 Å². The fourth-order valence-corrected chi connectivity index (χ4v) is 2.15. The molecule has 120 valence electrons. The van der Waals surface area contributed by atoms with E-state index in [0.717, 1.165) is 30.6 Å².